The Morgan fingerprint density at radius 1 is 1.64 bits per heavy atom. The van der Waals surface area contributed by atoms with Crippen molar-refractivity contribution in [3.8, 4) is 0 Å². The summed E-state index contributed by atoms with van der Waals surface area (Å²) in [6, 6.07) is 0. The van der Waals surface area contributed by atoms with E-state index in [1.807, 2.05) is 6.20 Å². The van der Waals surface area contributed by atoms with Crippen molar-refractivity contribution < 1.29 is 0 Å². The first-order valence-electron chi connectivity index (χ1n) is 5.49. The zero-order valence-corrected chi connectivity index (χ0v) is 9.03. The molecule has 1 aromatic heterocycles. The summed E-state index contributed by atoms with van der Waals surface area (Å²) in [6.45, 7) is 6.27. The average molecular weight is 193 g/mol. The van der Waals surface area contributed by atoms with Crippen LogP contribution in [0.4, 0.5) is 0 Å². The van der Waals surface area contributed by atoms with Crippen molar-refractivity contribution in [2.75, 3.05) is 6.54 Å². The van der Waals surface area contributed by atoms with Crippen molar-refractivity contribution in [1.82, 2.24) is 9.55 Å². The van der Waals surface area contributed by atoms with E-state index in [2.05, 4.69) is 23.4 Å². The summed E-state index contributed by atoms with van der Waals surface area (Å²) < 4.78 is 2.37. The lowest BCUT2D eigenvalue weighted by Crippen LogP contribution is -2.22. The minimum Gasteiger partial charge on any atom is -0.332 e. The predicted molar refractivity (Wildman–Crippen MR) is 57.3 cm³/mol. The van der Waals surface area contributed by atoms with Gasteiger partial charge in [0.2, 0.25) is 0 Å². The second kappa shape index (κ2) is 3.73. The molecule has 0 saturated carbocycles. The smallest absolute Gasteiger partial charge is 0.111 e. The van der Waals surface area contributed by atoms with E-state index in [0.717, 1.165) is 13.1 Å². The van der Waals surface area contributed by atoms with Crippen LogP contribution in [0.2, 0.25) is 0 Å². The largest absolute Gasteiger partial charge is 0.332 e. The molecule has 1 aromatic rings. The Labute approximate surface area is 85.3 Å². The summed E-state index contributed by atoms with van der Waals surface area (Å²) in [5.74, 6) is 2.27. The molecule has 2 rings (SSSR count). The molecule has 0 aliphatic carbocycles. The van der Waals surface area contributed by atoms with Gasteiger partial charge < -0.3 is 10.3 Å². The molecule has 0 bridgehead atoms. The van der Waals surface area contributed by atoms with Crippen LogP contribution in [-0.2, 0) is 6.54 Å². The van der Waals surface area contributed by atoms with Gasteiger partial charge in [-0.05, 0) is 12.8 Å². The zero-order valence-electron chi connectivity index (χ0n) is 9.03. The molecule has 0 amide bonds. The number of hydrogen-bond donors (Lipinski definition) is 1. The molecule has 1 unspecified atom stereocenters. The van der Waals surface area contributed by atoms with Crippen LogP contribution in [0.25, 0.3) is 0 Å². The molecule has 0 saturated heterocycles. The van der Waals surface area contributed by atoms with Crippen LogP contribution >= 0.6 is 0 Å². The lowest BCUT2D eigenvalue weighted by atomic mass is 9.96. The predicted octanol–water partition coefficient (Wildman–Crippen LogP) is 1.84. The highest BCUT2D eigenvalue weighted by atomic mass is 15.1. The molecule has 2 N–H and O–H groups in total. The first-order chi connectivity index (χ1) is 6.74. The standard InChI is InChI=1S/C11H19N3/c1-8(2)11-13-7-10-9(6-12)4-3-5-14(10)11/h7-9H,3-6,12H2,1-2H3. The maximum absolute atomic E-state index is 5.76. The Morgan fingerprint density at radius 3 is 3.07 bits per heavy atom. The van der Waals surface area contributed by atoms with E-state index in [9.17, 15) is 0 Å². The van der Waals surface area contributed by atoms with Crippen molar-refractivity contribution in [1.29, 1.82) is 0 Å². The Balaban J connectivity index is 2.37. The summed E-state index contributed by atoms with van der Waals surface area (Å²) in [5, 5.41) is 0. The first kappa shape index (κ1) is 9.71. The van der Waals surface area contributed by atoms with Crippen molar-refractivity contribution in [3.05, 3.63) is 17.7 Å². The lowest BCUT2D eigenvalue weighted by molar-refractivity contribution is 0.443. The van der Waals surface area contributed by atoms with E-state index in [-0.39, 0.29) is 0 Å². The van der Waals surface area contributed by atoms with Gasteiger partial charge in [-0.2, -0.15) is 0 Å². The topological polar surface area (TPSA) is 43.8 Å². The van der Waals surface area contributed by atoms with E-state index in [1.165, 1.54) is 24.4 Å². The third-order valence-electron chi connectivity index (χ3n) is 3.07. The molecular weight excluding hydrogens is 174 g/mol. The SMILES string of the molecule is CC(C)c1ncc2n1CCCC2CN. The second-order valence-electron chi connectivity index (χ2n) is 4.42. The van der Waals surface area contributed by atoms with Gasteiger partial charge in [0, 0.05) is 36.8 Å². The van der Waals surface area contributed by atoms with Crippen LogP contribution in [0.3, 0.4) is 0 Å². The minimum absolute atomic E-state index is 0.514. The molecule has 3 heteroatoms. The number of rotatable bonds is 2. The fourth-order valence-electron chi connectivity index (χ4n) is 2.32. The molecule has 0 fully saturated rings. The lowest BCUT2D eigenvalue weighted by Gasteiger charge is -2.24. The number of hydrogen-bond acceptors (Lipinski definition) is 2. The van der Waals surface area contributed by atoms with Gasteiger partial charge in [-0.15, -0.1) is 0 Å². The summed E-state index contributed by atoms with van der Waals surface area (Å²) >= 11 is 0. The molecule has 78 valence electrons. The maximum atomic E-state index is 5.76. The van der Waals surface area contributed by atoms with E-state index in [4.69, 9.17) is 5.73 Å². The molecule has 1 atom stereocenters. The van der Waals surface area contributed by atoms with E-state index in [1.54, 1.807) is 0 Å². The number of aromatic nitrogens is 2. The van der Waals surface area contributed by atoms with Crippen LogP contribution in [0, 0.1) is 0 Å². The third kappa shape index (κ3) is 1.46. The number of nitrogens with zero attached hydrogens (tertiary/aromatic N) is 2. The molecule has 1 aliphatic rings. The summed E-state index contributed by atoms with van der Waals surface area (Å²) in [4.78, 5) is 4.50. The van der Waals surface area contributed by atoms with E-state index >= 15 is 0 Å². The van der Waals surface area contributed by atoms with E-state index in [0.29, 0.717) is 11.8 Å². The molecule has 14 heavy (non-hydrogen) atoms. The van der Waals surface area contributed by atoms with Crippen molar-refractivity contribution in [2.45, 2.75) is 45.1 Å². The van der Waals surface area contributed by atoms with Crippen LogP contribution in [0.5, 0.6) is 0 Å². The monoisotopic (exact) mass is 193 g/mol. The highest BCUT2D eigenvalue weighted by Crippen LogP contribution is 2.29. The van der Waals surface area contributed by atoms with Gasteiger partial charge in [0.1, 0.15) is 5.82 Å². The van der Waals surface area contributed by atoms with Gasteiger partial charge >= 0.3 is 0 Å². The quantitative estimate of drug-likeness (QED) is 0.779. The summed E-state index contributed by atoms with van der Waals surface area (Å²) in [5.41, 5.74) is 7.11. The minimum atomic E-state index is 0.514. The Bertz CT molecular complexity index is 314. The van der Waals surface area contributed by atoms with Crippen molar-refractivity contribution in [3.63, 3.8) is 0 Å². The molecule has 3 nitrogen and oxygen atoms in total. The van der Waals surface area contributed by atoms with Crippen LogP contribution in [0.15, 0.2) is 6.20 Å². The van der Waals surface area contributed by atoms with Gasteiger partial charge in [0.05, 0.1) is 0 Å². The fraction of sp³-hybridized carbons (Fsp3) is 0.727. The number of nitrogens with two attached hydrogens (primary N) is 1. The van der Waals surface area contributed by atoms with Gasteiger partial charge in [-0.1, -0.05) is 13.8 Å². The summed E-state index contributed by atoms with van der Waals surface area (Å²) in [7, 11) is 0. The number of imidazole rings is 1. The average Bonchev–Trinajstić information content (AvgIpc) is 2.60. The highest BCUT2D eigenvalue weighted by molar-refractivity contribution is 5.15. The van der Waals surface area contributed by atoms with Crippen LogP contribution in [0.1, 0.15) is 50.0 Å². The highest BCUT2D eigenvalue weighted by Gasteiger charge is 2.22. The summed E-state index contributed by atoms with van der Waals surface area (Å²) in [6.07, 6.45) is 4.48. The Morgan fingerprint density at radius 2 is 2.43 bits per heavy atom. The third-order valence-corrected chi connectivity index (χ3v) is 3.07. The molecular formula is C11H19N3. The molecule has 2 heterocycles. The van der Waals surface area contributed by atoms with Crippen molar-refractivity contribution in [2.24, 2.45) is 5.73 Å². The van der Waals surface area contributed by atoms with Gasteiger partial charge in [0.25, 0.3) is 0 Å². The molecule has 1 aliphatic heterocycles. The van der Waals surface area contributed by atoms with Gasteiger partial charge in [-0.25, -0.2) is 4.98 Å². The first-order valence-corrected chi connectivity index (χ1v) is 5.49. The van der Waals surface area contributed by atoms with Gasteiger partial charge in [-0.3, -0.25) is 0 Å². The Kier molecular flexibility index (Phi) is 2.59. The second-order valence-corrected chi connectivity index (χ2v) is 4.42. The number of fused-ring (bicyclic) bond motifs is 1. The molecule has 0 aromatic carbocycles. The zero-order chi connectivity index (χ0) is 10.1. The fourth-order valence-corrected chi connectivity index (χ4v) is 2.32. The van der Waals surface area contributed by atoms with Gasteiger partial charge in [0.15, 0.2) is 0 Å². The molecule has 0 radical (unpaired) electrons. The maximum Gasteiger partial charge on any atom is 0.111 e. The van der Waals surface area contributed by atoms with Crippen molar-refractivity contribution >= 4 is 0 Å². The molecule has 0 spiro atoms. The van der Waals surface area contributed by atoms with Crippen LogP contribution in [-0.4, -0.2) is 16.1 Å². The van der Waals surface area contributed by atoms with Crippen LogP contribution < -0.4 is 5.73 Å². The normalized spacial score (nSPS) is 21.3. The van der Waals surface area contributed by atoms with E-state index < -0.39 is 0 Å². The Hall–Kier alpha value is -0.830.